The molecule has 2 aliphatic rings. The summed E-state index contributed by atoms with van der Waals surface area (Å²) in [6.07, 6.45) is 1.91. The zero-order valence-corrected chi connectivity index (χ0v) is 13.9. The van der Waals surface area contributed by atoms with Gasteiger partial charge in [0.25, 0.3) is 5.91 Å². The number of likely N-dealkylation sites (tertiary alicyclic amines) is 1. The molecule has 132 valence electrons. The number of carbonyl (C=O) groups excluding carboxylic acids is 4. The lowest BCUT2D eigenvalue weighted by molar-refractivity contribution is -0.141. The van der Waals surface area contributed by atoms with Gasteiger partial charge in [-0.2, -0.15) is 0 Å². The van der Waals surface area contributed by atoms with Crippen LogP contribution in [0, 0.1) is 0 Å². The normalized spacial score (nSPS) is 18.9. The summed E-state index contributed by atoms with van der Waals surface area (Å²) in [6, 6.07) is 6.17. The zero-order valence-electron chi connectivity index (χ0n) is 13.9. The van der Waals surface area contributed by atoms with Gasteiger partial charge in [0.1, 0.15) is 6.04 Å². The minimum absolute atomic E-state index is 0.208. The number of amides is 4. The third-order valence-electron chi connectivity index (χ3n) is 4.53. The summed E-state index contributed by atoms with van der Waals surface area (Å²) in [5, 5.41) is 4.76. The predicted octanol–water partition coefficient (Wildman–Crippen LogP) is -0.441. The highest BCUT2D eigenvalue weighted by Crippen LogP contribution is 2.34. The van der Waals surface area contributed by atoms with Crippen molar-refractivity contribution in [1.82, 2.24) is 15.5 Å². The molecule has 0 bridgehead atoms. The molecule has 0 spiro atoms. The lowest BCUT2D eigenvalue weighted by Gasteiger charge is -2.16. The lowest BCUT2D eigenvalue weighted by Crippen LogP contribution is -2.47. The first-order valence-corrected chi connectivity index (χ1v) is 8.22. The van der Waals surface area contributed by atoms with Gasteiger partial charge in [0.15, 0.2) is 0 Å². The first-order valence-electron chi connectivity index (χ1n) is 8.22. The van der Waals surface area contributed by atoms with Gasteiger partial charge >= 0.3 is 11.8 Å². The number of para-hydroxylation sites is 1. The fourth-order valence-electron chi connectivity index (χ4n) is 3.13. The maximum Gasteiger partial charge on any atom is 0.310 e. The van der Waals surface area contributed by atoms with Crippen LogP contribution in [0.3, 0.4) is 0 Å². The van der Waals surface area contributed by atoms with Gasteiger partial charge in [-0.05, 0) is 18.9 Å². The minimum Gasteiger partial charge on any atom is -0.341 e. The molecule has 1 aromatic rings. The van der Waals surface area contributed by atoms with E-state index < -0.39 is 17.9 Å². The second kappa shape index (κ2) is 6.92. The number of nitrogens with zero attached hydrogens (tertiary/aromatic N) is 2. The van der Waals surface area contributed by atoms with Crippen molar-refractivity contribution in [3.8, 4) is 0 Å². The first-order chi connectivity index (χ1) is 12.0. The number of fused-ring (bicyclic) bond motifs is 1. The Morgan fingerprint density at radius 2 is 1.80 bits per heavy atom. The fourth-order valence-corrected chi connectivity index (χ4v) is 3.13. The monoisotopic (exact) mass is 344 g/mol. The van der Waals surface area contributed by atoms with Crippen molar-refractivity contribution in [2.45, 2.75) is 18.9 Å². The van der Waals surface area contributed by atoms with Gasteiger partial charge in [-0.15, -0.1) is 0 Å². The molecule has 1 fully saturated rings. The number of hydrogen-bond acceptors (Lipinski definition) is 4. The molecule has 0 saturated carbocycles. The molecule has 0 unspecified atom stereocenters. The number of likely N-dealkylation sites (N-methyl/N-ethyl adjacent to an activating group) is 1. The largest absolute Gasteiger partial charge is 0.341 e. The fraction of sp³-hybridized carbons (Fsp3) is 0.412. The van der Waals surface area contributed by atoms with E-state index in [1.165, 1.54) is 4.90 Å². The Bertz CT molecular complexity index is 727. The van der Waals surface area contributed by atoms with Crippen LogP contribution in [0.15, 0.2) is 24.3 Å². The van der Waals surface area contributed by atoms with E-state index in [2.05, 4.69) is 10.6 Å². The van der Waals surface area contributed by atoms with E-state index >= 15 is 0 Å². The molecule has 8 heteroatoms. The molecule has 2 aliphatic heterocycles. The quantitative estimate of drug-likeness (QED) is 0.726. The van der Waals surface area contributed by atoms with Crippen molar-refractivity contribution in [3.05, 3.63) is 29.8 Å². The molecule has 0 radical (unpaired) electrons. The number of anilines is 1. The van der Waals surface area contributed by atoms with Crippen LogP contribution in [0.5, 0.6) is 0 Å². The van der Waals surface area contributed by atoms with E-state index in [4.69, 9.17) is 0 Å². The summed E-state index contributed by atoms with van der Waals surface area (Å²) in [5.41, 5.74) is 1.34. The standard InChI is InChI=1S/C17H20N4O4/c1-20-12-7-3-2-6-11(12)14(17(20)25)19-16(24)15(23)18-10-13(22)21-8-4-5-9-21/h2-3,6-7,14H,4-5,8-10H2,1H3,(H,18,23)(H,19,24)/t14-/m0/s1. The Labute approximate surface area is 145 Å². The summed E-state index contributed by atoms with van der Waals surface area (Å²) < 4.78 is 0. The summed E-state index contributed by atoms with van der Waals surface area (Å²) in [5.74, 6) is -2.37. The van der Waals surface area contributed by atoms with Gasteiger partial charge in [-0.25, -0.2) is 0 Å². The van der Waals surface area contributed by atoms with E-state index in [0.717, 1.165) is 12.8 Å². The number of hydrogen-bond donors (Lipinski definition) is 2. The molecule has 3 rings (SSSR count). The van der Waals surface area contributed by atoms with Gasteiger partial charge in [0, 0.05) is 31.4 Å². The molecule has 0 aromatic heterocycles. The summed E-state index contributed by atoms with van der Waals surface area (Å²) in [7, 11) is 1.61. The van der Waals surface area contributed by atoms with E-state index in [0.29, 0.717) is 24.3 Å². The molecular weight excluding hydrogens is 324 g/mol. The lowest BCUT2D eigenvalue weighted by atomic mass is 10.1. The molecular formula is C17H20N4O4. The van der Waals surface area contributed by atoms with E-state index in [1.807, 2.05) is 0 Å². The van der Waals surface area contributed by atoms with Gasteiger partial charge in [0.2, 0.25) is 5.91 Å². The van der Waals surface area contributed by atoms with Crippen LogP contribution in [-0.2, 0) is 19.2 Å². The van der Waals surface area contributed by atoms with Crippen LogP contribution in [0.4, 0.5) is 5.69 Å². The summed E-state index contributed by atoms with van der Waals surface area (Å²) in [4.78, 5) is 51.3. The van der Waals surface area contributed by atoms with Crippen LogP contribution >= 0.6 is 0 Å². The molecule has 4 amide bonds. The predicted molar refractivity (Wildman–Crippen MR) is 89.6 cm³/mol. The van der Waals surface area contributed by atoms with Gasteiger partial charge in [0.05, 0.1) is 6.54 Å². The maximum absolute atomic E-state index is 12.3. The van der Waals surface area contributed by atoms with Gasteiger partial charge in [-0.3, -0.25) is 19.2 Å². The Morgan fingerprint density at radius 1 is 1.12 bits per heavy atom. The highest BCUT2D eigenvalue weighted by atomic mass is 16.2. The maximum atomic E-state index is 12.3. The van der Waals surface area contributed by atoms with Crippen LogP contribution in [0.2, 0.25) is 0 Å². The molecule has 2 N–H and O–H groups in total. The molecule has 0 aliphatic carbocycles. The van der Waals surface area contributed by atoms with Crippen LogP contribution < -0.4 is 15.5 Å². The molecule has 2 heterocycles. The topological polar surface area (TPSA) is 98.8 Å². The third-order valence-corrected chi connectivity index (χ3v) is 4.53. The average molecular weight is 344 g/mol. The number of nitrogens with one attached hydrogen (secondary N) is 2. The van der Waals surface area contributed by atoms with Gasteiger partial charge < -0.3 is 20.4 Å². The molecule has 1 saturated heterocycles. The molecule has 8 nitrogen and oxygen atoms in total. The molecule has 1 atom stereocenters. The van der Waals surface area contributed by atoms with Crippen LogP contribution in [0.25, 0.3) is 0 Å². The van der Waals surface area contributed by atoms with E-state index in [1.54, 1.807) is 36.2 Å². The van der Waals surface area contributed by atoms with Crippen molar-refractivity contribution >= 4 is 29.3 Å². The average Bonchev–Trinajstić information content (AvgIpc) is 3.23. The van der Waals surface area contributed by atoms with E-state index in [-0.39, 0.29) is 18.4 Å². The second-order valence-corrected chi connectivity index (χ2v) is 6.13. The third kappa shape index (κ3) is 3.33. The van der Waals surface area contributed by atoms with Crippen molar-refractivity contribution in [1.29, 1.82) is 0 Å². The number of rotatable bonds is 3. The van der Waals surface area contributed by atoms with Crippen LogP contribution in [-0.4, -0.2) is 55.2 Å². The van der Waals surface area contributed by atoms with Gasteiger partial charge in [-0.1, -0.05) is 18.2 Å². The van der Waals surface area contributed by atoms with E-state index in [9.17, 15) is 19.2 Å². The highest BCUT2D eigenvalue weighted by molar-refractivity contribution is 6.36. The molecule has 1 aromatic carbocycles. The second-order valence-electron chi connectivity index (χ2n) is 6.13. The summed E-state index contributed by atoms with van der Waals surface area (Å²) in [6.45, 7) is 1.14. The van der Waals surface area contributed by atoms with Crippen molar-refractivity contribution < 1.29 is 19.2 Å². The Hall–Kier alpha value is -2.90. The smallest absolute Gasteiger partial charge is 0.310 e. The molecule has 25 heavy (non-hydrogen) atoms. The minimum atomic E-state index is -0.933. The Kier molecular flexibility index (Phi) is 4.69. The SMILES string of the molecule is CN1C(=O)[C@@H](NC(=O)C(=O)NCC(=O)N2CCCC2)c2ccccc21. The van der Waals surface area contributed by atoms with Crippen molar-refractivity contribution in [2.24, 2.45) is 0 Å². The highest BCUT2D eigenvalue weighted by Gasteiger charge is 2.36. The summed E-state index contributed by atoms with van der Waals surface area (Å²) >= 11 is 0. The Morgan fingerprint density at radius 3 is 2.52 bits per heavy atom. The van der Waals surface area contributed by atoms with Crippen molar-refractivity contribution in [2.75, 3.05) is 31.6 Å². The number of benzene rings is 1. The zero-order chi connectivity index (χ0) is 18.0. The Balaban J connectivity index is 1.57. The van der Waals surface area contributed by atoms with Crippen molar-refractivity contribution in [3.63, 3.8) is 0 Å². The number of carbonyl (C=O) groups is 4. The van der Waals surface area contributed by atoms with Crippen LogP contribution in [0.1, 0.15) is 24.4 Å². The first kappa shape index (κ1) is 16.9.